The third kappa shape index (κ3) is 3.52. The normalized spacial score (nSPS) is 15.4. The minimum atomic E-state index is -1.15. The van der Waals surface area contributed by atoms with Gasteiger partial charge in [-0.3, -0.25) is 0 Å². The van der Waals surface area contributed by atoms with E-state index < -0.39 is 5.60 Å². The molecule has 0 aromatic heterocycles. The molecule has 1 atom stereocenters. The molecule has 3 heteroatoms. The fraction of sp³-hybridized carbons (Fsp3) is 0.429. The topological polar surface area (TPSA) is 51.7 Å². The van der Waals surface area contributed by atoms with Gasteiger partial charge in [-0.25, -0.2) is 0 Å². The van der Waals surface area contributed by atoms with Gasteiger partial charge in [0.2, 0.25) is 0 Å². The highest BCUT2D eigenvalue weighted by Gasteiger charge is 2.15. The molecule has 0 aliphatic rings. The number of terminal acetylenes is 1. The summed E-state index contributed by atoms with van der Waals surface area (Å²) in [5, 5.41) is 9.22. The Bertz CT molecular complexity index is 148. The highest BCUT2D eigenvalue weighted by molar-refractivity contribution is 6.25. The van der Waals surface area contributed by atoms with Gasteiger partial charge in [0.1, 0.15) is 5.60 Å². The molecule has 2 nitrogen and oxygen atoms in total. The third-order valence-electron chi connectivity index (χ3n) is 1.13. The molecule has 0 aromatic rings. The van der Waals surface area contributed by atoms with E-state index in [1.165, 1.54) is 11.6 Å². The zero-order chi connectivity index (χ0) is 7.33. The summed E-state index contributed by atoms with van der Waals surface area (Å²) in [5.74, 6) is 2.21. The van der Waals surface area contributed by atoms with E-state index in [0.29, 0.717) is 6.42 Å². The van der Waals surface area contributed by atoms with Gasteiger partial charge in [-0.05, 0) is 12.5 Å². The molecule has 0 aromatic carbocycles. The van der Waals surface area contributed by atoms with E-state index in [0.717, 1.165) is 0 Å². The highest BCUT2D eigenvalue weighted by atomic mass is 35.5. The molecule has 0 bridgehead atoms. The zero-order valence-corrected chi connectivity index (χ0v) is 6.52. The van der Waals surface area contributed by atoms with Gasteiger partial charge in [-0.1, -0.05) is 24.4 Å². The molecule has 0 radical (unpaired) electrons. The first-order valence-electron chi connectivity index (χ1n) is 2.66. The van der Waals surface area contributed by atoms with E-state index in [1.807, 2.05) is 0 Å². The van der Waals surface area contributed by atoms with Gasteiger partial charge in [0.05, 0.1) is 0 Å². The Hall–Kier alpha value is -0.490. The molecule has 3 N–H and O–H groups in total. The maximum absolute atomic E-state index is 9.22. The Morgan fingerprint density at radius 2 is 2.30 bits per heavy atom. The molecule has 0 heterocycles. The lowest BCUT2D eigenvalue weighted by atomic mass is 10.0. The van der Waals surface area contributed by atoms with Gasteiger partial charge < -0.3 is 10.6 Å². The van der Waals surface area contributed by atoms with E-state index in [9.17, 15) is 5.11 Å². The second kappa shape index (κ2) is 5.31. The molecule has 0 saturated heterocycles. The van der Waals surface area contributed by atoms with Gasteiger partial charge in [0.25, 0.3) is 0 Å². The summed E-state index contributed by atoms with van der Waals surface area (Å²) in [6.07, 6.45) is 6.86. The molecule has 0 aliphatic carbocycles. The van der Waals surface area contributed by atoms with Gasteiger partial charge in [0, 0.05) is 5.54 Å². The van der Waals surface area contributed by atoms with Crippen LogP contribution >= 0.6 is 11.6 Å². The molecule has 0 amide bonds. The maximum Gasteiger partial charge on any atom is 0.144 e. The van der Waals surface area contributed by atoms with Crippen molar-refractivity contribution < 1.29 is 10.6 Å². The van der Waals surface area contributed by atoms with E-state index in [1.54, 1.807) is 6.92 Å². The van der Waals surface area contributed by atoms with Gasteiger partial charge in [0.15, 0.2) is 0 Å². The van der Waals surface area contributed by atoms with Crippen LogP contribution in [0.5, 0.6) is 0 Å². The van der Waals surface area contributed by atoms with Crippen molar-refractivity contribution >= 4 is 11.6 Å². The van der Waals surface area contributed by atoms with Gasteiger partial charge in [-0.15, -0.1) is 6.42 Å². The van der Waals surface area contributed by atoms with Crippen LogP contribution < -0.4 is 0 Å². The number of hydrogen-bond donors (Lipinski definition) is 1. The highest BCUT2D eigenvalue weighted by Crippen LogP contribution is 2.09. The molecule has 58 valence electrons. The Morgan fingerprint density at radius 3 is 2.40 bits per heavy atom. The monoisotopic (exact) mass is 162 g/mol. The van der Waals surface area contributed by atoms with Crippen LogP contribution in [0.15, 0.2) is 11.6 Å². The molecule has 0 aliphatic heterocycles. The number of halogens is 1. The van der Waals surface area contributed by atoms with Gasteiger partial charge >= 0.3 is 0 Å². The van der Waals surface area contributed by atoms with Crippen molar-refractivity contribution in [3.63, 3.8) is 0 Å². The van der Waals surface area contributed by atoms with Crippen molar-refractivity contribution in [3.05, 3.63) is 11.6 Å². The summed E-state index contributed by atoms with van der Waals surface area (Å²) in [5.41, 5.74) is 0.0745. The van der Waals surface area contributed by atoms with Crippen LogP contribution in [0.25, 0.3) is 0 Å². The van der Waals surface area contributed by atoms with Crippen molar-refractivity contribution in [1.29, 1.82) is 0 Å². The van der Waals surface area contributed by atoms with Crippen LogP contribution in [0.4, 0.5) is 0 Å². The Labute approximate surface area is 65.8 Å². The minimum absolute atomic E-state index is 0. The molecule has 0 saturated carbocycles. The van der Waals surface area contributed by atoms with E-state index in [2.05, 4.69) is 5.92 Å². The summed E-state index contributed by atoms with van der Waals surface area (Å²) in [6.45, 7) is 1.79. The first kappa shape index (κ1) is 12.2. The number of rotatable bonds is 2. The largest absolute Gasteiger partial charge is 0.412 e. The summed E-state index contributed by atoms with van der Waals surface area (Å²) in [6, 6.07) is 0. The Morgan fingerprint density at radius 1 is 1.80 bits per heavy atom. The van der Waals surface area contributed by atoms with Crippen molar-refractivity contribution in [2.24, 2.45) is 0 Å². The summed E-state index contributed by atoms with van der Waals surface area (Å²) >= 11 is 5.21. The molecule has 1 unspecified atom stereocenters. The van der Waals surface area contributed by atoms with Crippen LogP contribution in [-0.2, 0) is 0 Å². The number of aliphatic hydroxyl groups is 1. The minimum Gasteiger partial charge on any atom is -0.412 e. The smallest absolute Gasteiger partial charge is 0.144 e. The SMILES string of the molecule is C#CC(O)(/C=C/Cl)CC.O. The standard InChI is InChI=1S/C7H9ClO.H2O/c1-3-7(9,4-2)5-6-8;/h1,5-6,9H,4H2,2H3;1H2/b6-5+;. The van der Waals surface area contributed by atoms with Crippen LogP contribution in [0.2, 0.25) is 0 Å². The first-order chi connectivity index (χ1) is 4.18. The molecule has 0 spiro atoms. The van der Waals surface area contributed by atoms with E-state index >= 15 is 0 Å². The van der Waals surface area contributed by atoms with Crippen molar-refractivity contribution in [2.45, 2.75) is 18.9 Å². The maximum atomic E-state index is 9.22. The van der Waals surface area contributed by atoms with Gasteiger partial charge in [-0.2, -0.15) is 0 Å². The molecule has 0 fully saturated rings. The van der Waals surface area contributed by atoms with Crippen LogP contribution in [-0.4, -0.2) is 16.2 Å². The fourth-order valence-corrected chi connectivity index (χ4v) is 0.581. The molecule has 10 heavy (non-hydrogen) atoms. The summed E-state index contributed by atoms with van der Waals surface area (Å²) in [4.78, 5) is 0. The van der Waals surface area contributed by atoms with Crippen molar-refractivity contribution in [1.82, 2.24) is 0 Å². The lowest BCUT2D eigenvalue weighted by Crippen LogP contribution is -2.20. The summed E-state index contributed by atoms with van der Waals surface area (Å²) in [7, 11) is 0. The zero-order valence-electron chi connectivity index (χ0n) is 5.76. The molecular formula is C7H11ClO2. The van der Waals surface area contributed by atoms with Crippen molar-refractivity contribution in [2.75, 3.05) is 0 Å². The van der Waals surface area contributed by atoms with Crippen LogP contribution in [0.1, 0.15) is 13.3 Å². The summed E-state index contributed by atoms with van der Waals surface area (Å²) < 4.78 is 0. The predicted molar refractivity (Wildman–Crippen MR) is 42.7 cm³/mol. The third-order valence-corrected chi connectivity index (χ3v) is 1.25. The lowest BCUT2D eigenvalue weighted by molar-refractivity contribution is 0.149. The van der Waals surface area contributed by atoms with Crippen LogP contribution in [0, 0.1) is 12.3 Å². The average Bonchev–Trinajstić information content (AvgIpc) is 1.89. The Balaban J connectivity index is 0. The van der Waals surface area contributed by atoms with E-state index in [4.69, 9.17) is 18.0 Å². The quantitative estimate of drug-likeness (QED) is 0.597. The number of hydrogen-bond acceptors (Lipinski definition) is 1. The second-order valence-electron chi connectivity index (χ2n) is 1.71. The first-order valence-corrected chi connectivity index (χ1v) is 3.10. The second-order valence-corrected chi connectivity index (χ2v) is 1.97. The average molecular weight is 163 g/mol. The lowest BCUT2D eigenvalue weighted by Gasteiger charge is -2.12. The fourth-order valence-electron chi connectivity index (χ4n) is 0.372. The molecule has 0 rings (SSSR count). The van der Waals surface area contributed by atoms with E-state index in [-0.39, 0.29) is 5.48 Å². The predicted octanol–water partition coefficient (Wildman–Crippen LogP) is 0.688. The molecular weight excluding hydrogens is 152 g/mol. The van der Waals surface area contributed by atoms with Crippen molar-refractivity contribution in [3.8, 4) is 12.3 Å². The van der Waals surface area contributed by atoms with Crippen LogP contribution in [0.3, 0.4) is 0 Å². The Kier molecular flexibility index (Phi) is 6.48.